The van der Waals surface area contributed by atoms with Gasteiger partial charge in [-0.05, 0) is 71.2 Å². The van der Waals surface area contributed by atoms with Gasteiger partial charge in [-0.3, -0.25) is 9.59 Å². The molecular weight excluding hydrogens is 688 g/mol. The summed E-state index contributed by atoms with van der Waals surface area (Å²) in [6.07, 6.45) is 1.42. The van der Waals surface area contributed by atoms with E-state index in [9.17, 15) is 19.8 Å². The minimum atomic E-state index is -0.371. The average Bonchev–Trinajstić information content (AvgIpc) is 3.77. The van der Waals surface area contributed by atoms with Crippen LogP contribution in [0.5, 0.6) is 11.5 Å². The van der Waals surface area contributed by atoms with Gasteiger partial charge in [0.1, 0.15) is 51.5 Å². The zero-order chi connectivity index (χ0) is 39.2. The van der Waals surface area contributed by atoms with E-state index < -0.39 is 0 Å². The van der Waals surface area contributed by atoms with E-state index in [1.807, 2.05) is 108 Å². The molecule has 0 saturated carbocycles. The summed E-state index contributed by atoms with van der Waals surface area (Å²) in [6.45, 7) is 11.9. The number of methoxy groups -OCH3 is 1. The lowest BCUT2D eigenvalue weighted by atomic mass is 9.84. The number of rotatable bonds is 10. The Bertz CT molecular complexity index is 2200. The van der Waals surface area contributed by atoms with Crippen LogP contribution in [0.4, 0.5) is 0 Å². The van der Waals surface area contributed by atoms with Crippen LogP contribution in [-0.4, -0.2) is 77.6 Å². The summed E-state index contributed by atoms with van der Waals surface area (Å²) >= 11 is 0. The molecule has 0 radical (unpaired) electrons. The molecule has 0 spiro atoms. The Morgan fingerprint density at radius 3 is 1.33 bits per heavy atom. The van der Waals surface area contributed by atoms with Crippen molar-refractivity contribution in [1.29, 1.82) is 0 Å². The minimum absolute atomic E-state index is 0.00328. The van der Waals surface area contributed by atoms with Crippen molar-refractivity contribution in [3.8, 4) is 22.9 Å². The van der Waals surface area contributed by atoms with Crippen LogP contribution in [0.2, 0.25) is 0 Å². The molecule has 13 nitrogen and oxygen atoms in total. The normalized spacial score (nSPS) is 11.7. The Balaban J connectivity index is 0.000000208. The van der Waals surface area contributed by atoms with Crippen molar-refractivity contribution in [2.75, 3.05) is 20.3 Å². The van der Waals surface area contributed by atoms with E-state index in [4.69, 9.17) is 14.6 Å². The molecule has 0 amide bonds. The fourth-order valence-corrected chi connectivity index (χ4v) is 5.85. The van der Waals surface area contributed by atoms with Crippen LogP contribution >= 0.6 is 0 Å². The number of phenolic OH excluding ortho intramolecular Hbond substituents is 2. The second-order valence-corrected chi connectivity index (χ2v) is 15.0. The van der Waals surface area contributed by atoms with Crippen LogP contribution in [0, 0.1) is 0 Å². The number of hydrogen-bond donors (Lipinski definition) is 3. The van der Waals surface area contributed by atoms with Crippen LogP contribution < -0.4 is 0 Å². The first-order valence-corrected chi connectivity index (χ1v) is 17.8. The number of phenols is 2. The standard InChI is InChI=1S/C21H25N3O4.C20H23N3O3/c1-21(2,3)15-12-14(8-9-19(26)28-11-10-25)13-18(20(15)27)24-22-16-6-4-5-7-17(16)23-24;1-20(2,3)14-11-13(9-10-18(24)26-4)12-17(19(14)25)23-21-15-7-5-6-8-16(15)22-23/h4-7,12-13,25,27H,8-11H2,1-3H3;5-8,11-12,25H,9-10H2,1-4H3. The third-order valence-electron chi connectivity index (χ3n) is 8.74. The maximum Gasteiger partial charge on any atom is 0.306 e. The van der Waals surface area contributed by atoms with Gasteiger partial charge in [-0.25, -0.2) is 0 Å². The number of aryl methyl sites for hydroxylation is 2. The molecule has 0 saturated heterocycles. The third-order valence-corrected chi connectivity index (χ3v) is 8.74. The van der Waals surface area contributed by atoms with Crippen LogP contribution in [-0.2, 0) is 42.7 Å². The molecule has 0 aliphatic carbocycles. The molecule has 2 aromatic heterocycles. The summed E-state index contributed by atoms with van der Waals surface area (Å²) in [4.78, 5) is 26.2. The van der Waals surface area contributed by atoms with Crippen molar-refractivity contribution in [3.63, 3.8) is 0 Å². The topological polar surface area (TPSA) is 175 Å². The molecule has 3 N–H and O–H groups in total. The number of ether oxygens (including phenoxy) is 2. The molecule has 0 bridgehead atoms. The summed E-state index contributed by atoms with van der Waals surface area (Å²) in [7, 11) is 1.38. The molecule has 54 heavy (non-hydrogen) atoms. The van der Waals surface area contributed by atoms with E-state index in [0.717, 1.165) is 44.3 Å². The van der Waals surface area contributed by atoms with Gasteiger partial charge in [0, 0.05) is 24.0 Å². The van der Waals surface area contributed by atoms with Gasteiger partial charge >= 0.3 is 11.9 Å². The highest BCUT2D eigenvalue weighted by molar-refractivity contribution is 5.75. The summed E-state index contributed by atoms with van der Waals surface area (Å²) in [5, 5.41) is 48.4. The summed E-state index contributed by atoms with van der Waals surface area (Å²) in [5.41, 5.74) is 6.72. The van der Waals surface area contributed by atoms with Gasteiger partial charge in [0.15, 0.2) is 0 Å². The maximum absolute atomic E-state index is 11.8. The maximum atomic E-state index is 11.8. The highest BCUT2D eigenvalue weighted by Gasteiger charge is 2.25. The van der Waals surface area contributed by atoms with Crippen LogP contribution in [0.3, 0.4) is 0 Å². The van der Waals surface area contributed by atoms with Gasteiger partial charge in [-0.1, -0.05) is 77.9 Å². The summed E-state index contributed by atoms with van der Waals surface area (Å²) in [6, 6.07) is 22.5. The predicted molar refractivity (Wildman–Crippen MR) is 205 cm³/mol. The zero-order valence-corrected chi connectivity index (χ0v) is 31.8. The number of aliphatic hydroxyl groups excluding tert-OH is 1. The van der Waals surface area contributed by atoms with E-state index in [0.29, 0.717) is 24.2 Å². The number of carbonyl (C=O) groups excluding carboxylic acids is 2. The Kier molecular flexibility index (Phi) is 12.0. The van der Waals surface area contributed by atoms with Gasteiger partial charge in [-0.2, -0.15) is 0 Å². The first kappa shape index (κ1) is 39.4. The number of aliphatic hydroxyl groups is 1. The SMILES string of the molecule is CC(C)(C)c1cc(CCC(=O)OCCO)cc(-n2nc3ccccc3n2)c1O.COC(=O)CCc1cc(-n2nc3ccccc3n2)c(O)c(C(C)(C)C)c1. The monoisotopic (exact) mass is 736 g/mol. The van der Waals surface area contributed by atoms with Crippen molar-refractivity contribution in [3.05, 3.63) is 95.1 Å². The Morgan fingerprint density at radius 2 is 1.00 bits per heavy atom. The van der Waals surface area contributed by atoms with E-state index in [1.165, 1.54) is 16.7 Å². The molecule has 0 atom stereocenters. The fraction of sp³-hybridized carbons (Fsp3) is 0.366. The number of hydrogen-bond acceptors (Lipinski definition) is 11. The van der Waals surface area contributed by atoms with E-state index in [1.54, 1.807) is 6.07 Å². The number of carbonyl (C=O) groups is 2. The molecule has 6 rings (SSSR count). The highest BCUT2D eigenvalue weighted by atomic mass is 16.5. The fourth-order valence-electron chi connectivity index (χ4n) is 5.85. The lowest BCUT2D eigenvalue weighted by molar-refractivity contribution is -0.144. The third kappa shape index (κ3) is 9.39. The van der Waals surface area contributed by atoms with Crippen LogP contribution in [0.15, 0.2) is 72.8 Å². The largest absolute Gasteiger partial charge is 0.505 e. The first-order chi connectivity index (χ1) is 25.6. The van der Waals surface area contributed by atoms with Crippen molar-refractivity contribution in [1.82, 2.24) is 30.0 Å². The van der Waals surface area contributed by atoms with E-state index in [-0.39, 0.29) is 60.3 Å². The second-order valence-electron chi connectivity index (χ2n) is 15.0. The van der Waals surface area contributed by atoms with Crippen molar-refractivity contribution in [2.24, 2.45) is 0 Å². The Labute approximate surface area is 314 Å². The van der Waals surface area contributed by atoms with Gasteiger partial charge in [0.2, 0.25) is 0 Å². The molecule has 2 heterocycles. The number of esters is 2. The van der Waals surface area contributed by atoms with E-state index >= 15 is 0 Å². The number of nitrogens with zero attached hydrogens (tertiary/aromatic N) is 6. The highest BCUT2D eigenvalue weighted by Crippen LogP contribution is 2.38. The van der Waals surface area contributed by atoms with Gasteiger partial charge in [0.25, 0.3) is 0 Å². The predicted octanol–water partition coefficient (Wildman–Crippen LogP) is 6.42. The Morgan fingerprint density at radius 1 is 0.630 bits per heavy atom. The molecule has 0 aliphatic heterocycles. The molecule has 0 aliphatic rings. The number of benzene rings is 4. The van der Waals surface area contributed by atoms with Crippen molar-refractivity contribution >= 4 is 34.0 Å². The lowest BCUT2D eigenvalue weighted by Crippen LogP contribution is -2.15. The zero-order valence-electron chi connectivity index (χ0n) is 31.8. The summed E-state index contributed by atoms with van der Waals surface area (Å²) < 4.78 is 9.65. The van der Waals surface area contributed by atoms with Gasteiger partial charge in [0.05, 0.1) is 13.7 Å². The molecule has 0 fully saturated rings. The first-order valence-electron chi connectivity index (χ1n) is 17.8. The minimum Gasteiger partial charge on any atom is -0.505 e. The molecule has 284 valence electrons. The quantitative estimate of drug-likeness (QED) is 0.132. The van der Waals surface area contributed by atoms with Gasteiger partial charge < -0.3 is 24.8 Å². The summed E-state index contributed by atoms with van der Waals surface area (Å²) in [5.74, 6) is -0.358. The molecule has 13 heteroatoms. The van der Waals surface area contributed by atoms with Crippen LogP contribution in [0.1, 0.15) is 76.6 Å². The Hall–Kier alpha value is -5.82. The second kappa shape index (κ2) is 16.5. The van der Waals surface area contributed by atoms with Crippen LogP contribution in [0.25, 0.3) is 33.4 Å². The number of aromatic hydroxyl groups is 2. The smallest absolute Gasteiger partial charge is 0.306 e. The van der Waals surface area contributed by atoms with E-state index in [2.05, 4.69) is 20.4 Å². The number of fused-ring (bicyclic) bond motifs is 2. The van der Waals surface area contributed by atoms with Crippen molar-refractivity contribution < 1.29 is 34.4 Å². The molecular formula is C41H48N6O7. The average molecular weight is 737 g/mol. The molecule has 6 aromatic rings. The van der Waals surface area contributed by atoms with Gasteiger partial charge in [-0.15, -0.1) is 30.0 Å². The molecule has 4 aromatic carbocycles. The van der Waals surface area contributed by atoms with Crippen molar-refractivity contribution in [2.45, 2.75) is 78.1 Å². The molecule has 0 unspecified atom stereocenters. The number of aromatic nitrogens is 6. The lowest BCUT2D eigenvalue weighted by Gasteiger charge is -2.23.